The van der Waals surface area contributed by atoms with Crippen molar-refractivity contribution >= 4 is 10.9 Å². The summed E-state index contributed by atoms with van der Waals surface area (Å²) in [6.07, 6.45) is 1.20. The lowest BCUT2D eigenvalue weighted by Crippen LogP contribution is -1.92. The van der Waals surface area contributed by atoms with E-state index in [0.717, 1.165) is 16.5 Å². The van der Waals surface area contributed by atoms with Crippen molar-refractivity contribution in [3.05, 3.63) is 41.8 Å². The molecule has 0 unspecified atom stereocenters. The lowest BCUT2D eigenvalue weighted by Gasteiger charge is -2.03. The molecule has 20 heavy (non-hydrogen) atoms. The van der Waals surface area contributed by atoms with E-state index in [0.29, 0.717) is 30.3 Å². The number of aliphatic hydroxyl groups is 1. The van der Waals surface area contributed by atoms with E-state index >= 15 is 0 Å². The molecule has 3 aromatic rings. The number of hydrogen-bond acceptors (Lipinski definition) is 5. The second-order valence-corrected chi connectivity index (χ2v) is 4.68. The van der Waals surface area contributed by atoms with Crippen LogP contribution in [0.3, 0.4) is 0 Å². The van der Waals surface area contributed by atoms with Gasteiger partial charge in [-0.15, -0.1) is 0 Å². The molecule has 0 aliphatic heterocycles. The molecule has 0 saturated heterocycles. The highest BCUT2D eigenvalue weighted by Gasteiger charge is 2.11. The maximum atomic E-state index is 8.80. The van der Waals surface area contributed by atoms with E-state index in [2.05, 4.69) is 15.1 Å². The van der Waals surface area contributed by atoms with Gasteiger partial charge in [0.15, 0.2) is 0 Å². The Labute approximate surface area is 116 Å². The van der Waals surface area contributed by atoms with Crippen LogP contribution >= 0.6 is 0 Å². The van der Waals surface area contributed by atoms with Crippen LogP contribution in [0.5, 0.6) is 0 Å². The van der Waals surface area contributed by atoms with Gasteiger partial charge in [0, 0.05) is 18.4 Å². The number of aliphatic hydroxyl groups excluding tert-OH is 1. The molecule has 0 radical (unpaired) electrons. The Morgan fingerprint density at radius 1 is 1.20 bits per heavy atom. The number of aryl methyl sites for hydroxylation is 2. The lowest BCUT2D eigenvalue weighted by atomic mass is 10.1. The van der Waals surface area contributed by atoms with E-state index < -0.39 is 0 Å². The first kappa shape index (κ1) is 12.7. The fraction of sp³-hybridized carbons (Fsp3) is 0.267. The zero-order valence-electron chi connectivity index (χ0n) is 11.2. The van der Waals surface area contributed by atoms with E-state index in [1.807, 2.05) is 37.3 Å². The van der Waals surface area contributed by atoms with Crippen LogP contribution < -0.4 is 0 Å². The summed E-state index contributed by atoms with van der Waals surface area (Å²) in [6.45, 7) is 2.16. The Hall–Kier alpha value is -2.27. The van der Waals surface area contributed by atoms with Gasteiger partial charge in [-0.1, -0.05) is 23.4 Å². The first-order valence-electron chi connectivity index (χ1n) is 6.58. The summed E-state index contributed by atoms with van der Waals surface area (Å²) < 4.78 is 5.16. The molecule has 0 bridgehead atoms. The molecule has 102 valence electrons. The molecule has 2 heterocycles. The highest BCUT2D eigenvalue weighted by atomic mass is 16.5. The van der Waals surface area contributed by atoms with Crippen molar-refractivity contribution in [3.8, 4) is 11.5 Å². The molecule has 0 saturated carbocycles. The monoisotopic (exact) mass is 269 g/mol. The average Bonchev–Trinajstić information content (AvgIpc) is 2.94. The third-order valence-electron chi connectivity index (χ3n) is 3.17. The normalized spacial score (nSPS) is 11.1. The van der Waals surface area contributed by atoms with Crippen molar-refractivity contribution < 1.29 is 9.63 Å². The Morgan fingerprint density at radius 3 is 2.90 bits per heavy atom. The fourth-order valence-corrected chi connectivity index (χ4v) is 2.15. The van der Waals surface area contributed by atoms with Gasteiger partial charge in [-0.2, -0.15) is 4.98 Å². The number of fused-ring (bicyclic) bond motifs is 1. The standard InChI is InChI=1S/C15H15N3O2/c1-10-9-13(16-12-6-3-2-5-11(10)12)15-17-14(20-18-15)7-4-8-19/h2-3,5-6,9,19H,4,7-8H2,1H3. The van der Waals surface area contributed by atoms with E-state index in [1.54, 1.807) is 0 Å². The minimum Gasteiger partial charge on any atom is -0.396 e. The van der Waals surface area contributed by atoms with Gasteiger partial charge in [0.05, 0.1) is 5.52 Å². The third-order valence-corrected chi connectivity index (χ3v) is 3.17. The van der Waals surface area contributed by atoms with Gasteiger partial charge in [-0.25, -0.2) is 4.98 Å². The number of para-hydroxylation sites is 1. The number of benzene rings is 1. The first-order valence-corrected chi connectivity index (χ1v) is 6.58. The highest BCUT2D eigenvalue weighted by Crippen LogP contribution is 2.22. The number of pyridine rings is 1. The van der Waals surface area contributed by atoms with Crippen molar-refractivity contribution in [2.45, 2.75) is 19.8 Å². The van der Waals surface area contributed by atoms with Crippen LogP contribution in [0, 0.1) is 6.92 Å². The third kappa shape index (κ3) is 2.40. The van der Waals surface area contributed by atoms with Crippen LogP contribution in [0.25, 0.3) is 22.4 Å². The van der Waals surface area contributed by atoms with Gasteiger partial charge in [-0.05, 0) is 31.0 Å². The summed E-state index contributed by atoms with van der Waals surface area (Å²) in [4.78, 5) is 8.88. The van der Waals surface area contributed by atoms with Gasteiger partial charge < -0.3 is 9.63 Å². The van der Waals surface area contributed by atoms with Crippen LogP contribution in [0.1, 0.15) is 17.9 Å². The molecule has 0 spiro atoms. The molecular formula is C15H15N3O2. The van der Waals surface area contributed by atoms with Gasteiger partial charge in [-0.3, -0.25) is 0 Å². The Balaban J connectivity index is 1.99. The molecule has 0 amide bonds. The summed E-state index contributed by atoms with van der Waals surface area (Å²) in [5.74, 6) is 1.02. The summed E-state index contributed by atoms with van der Waals surface area (Å²) in [6, 6.07) is 9.94. The topological polar surface area (TPSA) is 72.0 Å². The molecule has 0 fully saturated rings. The molecule has 0 aliphatic rings. The largest absolute Gasteiger partial charge is 0.396 e. The molecule has 1 aromatic carbocycles. The highest BCUT2D eigenvalue weighted by molar-refractivity contribution is 5.84. The minimum absolute atomic E-state index is 0.116. The van der Waals surface area contributed by atoms with Gasteiger partial charge in [0.25, 0.3) is 0 Å². The molecule has 0 aliphatic carbocycles. The molecule has 1 N–H and O–H groups in total. The Bertz CT molecular complexity index is 737. The zero-order valence-corrected chi connectivity index (χ0v) is 11.2. The molecule has 5 heteroatoms. The lowest BCUT2D eigenvalue weighted by molar-refractivity contribution is 0.278. The average molecular weight is 269 g/mol. The van der Waals surface area contributed by atoms with Crippen LogP contribution in [-0.2, 0) is 6.42 Å². The second kappa shape index (κ2) is 5.38. The second-order valence-electron chi connectivity index (χ2n) is 4.68. The first-order chi connectivity index (χ1) is 9.78. The number of nitrogens with zero attached hydrogens (tertiary/aromatic N) is 3. The van der Waals surface area contributed by atoms with Crippen LogP contribution in [0.2, 0.25) is 0 Å². The summed E-state index contributed by atoms with van der Waals surface area (Å²) >= 11 is 0. The maximum absolute atomic E-state index is 8.80. The maximum Gasteiger partial charge on any atom is 0.227 e. The van der Waals surface area contributed by atoms with Crippen molar-refractivity contribution in [2.75, 3.05) is 6.61 Å². The summed E-state index contributed by atoms with van der Waals surface area (Å²) in [5, 5.41) is 13.9. The van der Waals surface area contributed by atoms with Crippen LogP contribution in [0.4, 0.5) is 0 Å². The number of hydrogen-bond donors (Lipinski definition) is 1. The summed E-state index contributed by atoms with van der Waals surface area (Å²) in [5.41, 5.74) is 2.76. The predicted octanol–water partition coefficient (Wildman–Crippen LogP) is 2.52. The minimum atomic E-state index is 0.116. The van der Waals surface area contributed by atoms with E-state index in [1.165, 1.54) is 0 Å². The quantitative estimate of drug-likeness (QED) is 0.788. The van der Waals surface area contributed by atoms with E-state index in [4.69, 9.17) is 9.63 Å². The number of rotatable bonds is 4. The van der Waals surface area contributed by atoms with Crippen LogP contribution in [0.15, 0.2) is 34.9 Å². The van der Waals surface area contributed by atoms with Crippen molar-refractivity contribution in [1.29, 1.82) is 0 Å². The SMILES string of the molecule is Cc1cc(-c2noc(CCCO)n2)nc2ccccc12. The number of aromatic nitrogens is 3. The van der Waals surface area contributed by atoms with Gasteiger partial charge in [0.2, 0.25) is 11.7 Å². The van der Waals surface area contributed by atoms with E-state index in [9.17, 15) is 0 Å². The molecule has 3 rings (SSSR count). The van der Waals surface area contributed by atoms with Crippen molar-refractivity contribution in [2.24, 2.45) is 0 Å². The van der Waals surface area contributed by atoms with Crippen molar-refractivity contribution in [3.63, 3.8) is 0 Å². The van der Waals surface area contributed by atoms with Gasteiger partial charge >= 0.3 is 0 Å². The van der Waals surface area contributed by atoms with E-state index in [-0.39, 0.29) is 6.61 Å². The smallest absolute Gasteiger partial charge is 0.227 e. The Morgan fingerprint density at radius 2 is 2.05 bits per heavy atom. The molecule has 5 nitrogen and oxygen atoms in total. The molecular weight excluding hydrogens is 254 g/mol. The fourth-order valence-electron chi connectivity index (χ4n) is 2.15. The molecule has 2 aromatic heterocycles. The van der Waals surface area contributed by atoms with Crippen molar-refractivity contribution in [1.82, 2.24) is 15.1 Å². The summed E-state index contributed by atoms with van der Waals surface area (Å²) in [7, 11) is 0. The van der Waals surface area contributed by atoms with Crippen LogP contribution in [-0.4, -0.2) is 26.8 Å². The zero-order chi connectivity index (χ0) is 13.9. The predicted molar refractivity (Wildman–Crippen MR) is 75.2 cm³/mol. The van der Waals surface area contributed by atoms with Gasteiger partial charge in [0.1, 0.15) is 5.69 Å². The molecule has 0 atom stereocenters. The Kier molecular flexibility index (Phi) is 3.43.